The molecule has 108 valence electrons. The Morgan fingerprint density at radius 2 is 1.95 bits per heavy atom. The van der Waals surface area contributed by atoms with E-state index in [9.17, 15) is 5.26 Å². The molecule has 2 aromatic rings. The van der Waals surface area contributed by atoms with Crippen molar-refractivity contribution in [2.45, 2.75) is 19.4 Å². The van der Waals surface area contributed by atoms with Crippen LogP contribution in [0.2, 0.25) is 0 Å². The van der Waals surface area contributed by atoms with Gasteiger partial charge in [0.05, 0.1) is 17.7 Å². The molecule has 1 heterocycles. The predicted octanol–water partition coefficient (Wildman–Crippen LogP) is 3.57. The first-order valence-corrected chi connectivity index (χ1v) is 7.44. The Morgan fingerprint density at radius 1 is 1.19 bits per heavy atom. The Morgan fingerprint density at radius 3 is 2.67 bits per heavy atom. The summed E-state index contributed by atoms with van der Waals surface area (Å²) in [6.45, 7) is 4.20. The second kappa shape index (κ2) is 5.75. The van der Waals surface area contributed by atoms with Gasteiger partial charge in [0.15, 0.2) is 0 Å². The number of rotatable bonds is 2. The van der Waals surface area contributed by atoms with Gasteiger partial charge in [0, 0.05) is 36.7 Å². The summed E-state index contributed by atoms with van der Waals surface area (Å²) in [4.78, 5) is 2.39. The van der Waals surface area contributed by atoms with Crippen LogP contribution >= 0.6 is 0 Å². The number of fused-ring (bicyclic) bond motifs is 1. The van der Waals surface area contributed by atoms with E-state index in [2.05, 4.69) is 30.0 Å². The molecule has 2 aromatic carbocycles. The van der Waals surface area contributed by atoms with Crippen LogP contribution in [0.15, 0.2) is 36.4 Å². The molecule has 21 heavy (non-hydrogen) atoms. The van der Waals surface area contributed by atoms with E-state index in [-0.39, 0.29) is 6.10 Å². The van der Waals surface area contributed by atoms with Gasteiger partial charge in [0.25, 0.3) is 0 Å². The molecule has 0 aliphatic carbocycles. The van der Waals surface area contributed by atoms with Gasteiger partial charge >= 0.3 is 0 Å². The standard InChI is InChI=1S/C18H20N2O/c1-13-9-10-20(12-18(13)21-2)17-8-7-14(11-19)15-5-3-4-6-16(15)17/h3-8,13,18H,9-10,12H2,1-2H3. The van der Waals surface area contributed by atoms with Crippen LogP contribution in [0.5, 0.6) is 0 Å². The summed E-state index contributed by atoms with van der Waals surface area (Å²) < 4.78 is 5.62. The van der Waals surface area contributed by atoms with Gasteiger partial charge in [-0.15, -0.1) is 0 Å². The summed E-state index contributed by atoms with van der Waals surface area (Å²) in [5, 5.41) is 11.5. The van der Waals surface area contributed by atoms with Gasteiger partial charge in [-0.2, -0.15) is 5.26 Å². The third-order valence-corrected chi connectivity index (χ3v) is 4.55. The molecule has 2 atom stereocenters. The van der Waals surface area contributed by atoms with Crippen LogP contribution in [-0.2, 0) is 4.74 Å². The summed E-state index contributed by atoms with van der Waals surface area (Å²) >= 11 is 0. The first kappa shape index (κ1) is 13.9. The van der Waals surface area contributed by atoms with Gasteiger partial charge in [-0.1, -0.05) is 31.2 Å². The third kappa shape index (κ3) is 2.48. The van der Waals surface area contributed by atoms with E-state index in [0.29, 0.717) is 5.92 Å². The lowest BCUT2D eigenvalue weighted by Crippen LogP contribution is -2.44. The van der Waals surface area contributed by atoms with Gasteiger partial charge in [0.2, 0.25) is 0 Å². The Hall–Kier alpha value is -2.05. The van der Waals surface area contributed by atoms with Crippen molar-refractivity contribution in [2.24, 2.45) is 5.92 Å². The van der Waals surface area contributed by atoms with Gasteiger partial charge in [-0.25, -0.2) is 0 Å². The molecule has 0 amide bonds. The number of nitrogens with zero attached hydrogens (tertiary/aromatic N) is 2. The van der Waals surface area contributed by atoms with E-state index >= 15 is 0 Å². The molecule has 0 saturated carbocycles. The molecule has 3 nitrogen and oxygen atoms in total. The number of anilines is 1. The SMILES string of the molecule is COC1CN(c2ccc(C#N)c3ccccc23)CCC1C. The smallest absolute Gasteiger partial charge is 0.0998 e. The fourth-order valence-corrected chi connectivity index (χ4v) is 3.22. The Kier molecular flexibility index (Phi) is 3.81. The highest BCUT2D eigenvalue weighted by molar-refractivity contribution is 5.97. The molecule has 1 fully saturated rings. The second-order valence-corrected chi connectivity index (χ2v) is 5.78. The lowest BCUT2D eigenvalue weighted by molar-refractivity contribution is 0.0499. The van der Waals surface area contributed by atoms with Crippen molar-refractivity contribution in [3.63, 3.8) is 0 Å². The maximum atomic E-state index is 9.27. The fraction of sp³-hybridized carbons (Fsp3) is 0.389. The zero-order chi connectivity index (χ0) is 14.8. The minimum Gasteiger partial charge on any atom is -0.379 e. The number of benzene rings is 2. The minimum atomic E-state index is 0.271. The largest absolute Gasteiger partial charge is 0.379 e. The molecule has 0 spiro atoms. The van der Waals surface area contributed by atoms with Crippen molar-refractivity contribution >= 4 is 16.5 Å². The first-order chi connectivity index (χ1) is 10.2. The highest BCUT2D eigenvalue weighted by atomic mass is 16.5. The highest BCUT2D eigenvalue weighted by Crippen LogP contribution is 2.32. The van der Waals surface area contributed by atoms with Crippen molar-refractivity contribution < 1.29 is 4.74 Å². The van der Waals surface area contributed by atoms with Crippen LogP contribution < -0.4 is 4.90 Å². The average molecular weight is 280 g/mol. The van der Waals surface area contributed by atoms with E-state index in [1.807, 2.05) is 24.3 Å². The lowest BCUT2D eigenvalue weighted by atomic mass is 9.94. The Bertz CT molecular complexity index is 689. The molecule has 1 aliphatic heterocycles. The summed E-state index contributed by atoms with van der Waals surface area (Å²) in [5.41, 5.74) is 1.95. The second-order valence-electron chi connectivity index (χ2n) is 5.78. The third-order valence-electron chi connectivity index (χ3n) is 4.55. The summed E-state index contributed by atoms with van der Waals surface area (Å²) in [6, 6.07) is 14.4. The summed E-state index contributed by atoms with van der Waals surface area (Å²) in [5.74, 6) is 0.593. The average Bonchev–Trinajstić information content (AvgIpc) is 2.54. The maximum Gasteiger partial charge on any atom is 0.0998 e. The highest BCUT2D eigenvalue weighted by Gasteiger charge is 2.27. The first-order valence-electron chi connectivity index (χ1n) is 7.44. The zero-order valence-corrected chi connectivity index (χ0v) is 12.5. The van der Waals surface area contributed by atoms with Crippen molar-refractivity contribution in [1.82, 2.24) is 0 Å². The van der Waals surface area contributed by atoms with Crippen LogP contribution in [0, 0.1) is 17.2 Å². The van der Waals surface area contributed by atoms with Gasteiger partial charge in [-0.05, 0) is 24.5 Å². The van der Waals surface area contributed by atoms with Crippen LogP contribution in [-0.4, -0.2) is 26.3 Å². The summed E-state index contributed by atoms with van der Waals surface area (Å²) in [7, 11) is 1.79. The molecule has 1 aliphatic rings. The number of piperidine rings is 1. The van der Waals surface area contributed by atoms with Crippen LogP contribution in [0.25, 0.3) is 10.8 Å². The number of ether oxygens (including phenoxy) is 1. The van der Waals surface area contributed by atoms with Crippen molar-refractivity contribution in [2.75, 3.05) is 25.1 Å². The Labute approximate surface area is 125 Å². The predicted molar refractivity (Wildman–Crippen MR) is 85.5 cm³/mol. The van der Waals surface area contributed by atoms with Crippen LogP contribution in [0.1, 0.15) is 18.9 Å². The summed E-state index contributed by atoms with van der Waals surface area (Å²) in [6.07, 6.45) is 1.40. The lowest BCUT2D eigenvalue weighted by Gasteiger charge is -2.38. The molecule has 3 heteroatoms. The topological polar surface area (TPSA) is 36.3 Å². The van der Waals surface area contributed by atoms with E-state index < -0.39 is 0 Å². The molecule has 0 aromatic heterocycles. The van der Waals surface area contributed by atoms with Crippen molar-refractivity contribution in [1.29, 1.82) is 5.26 Å². The fourth-order valence-electron chi connectivity index (χ4n) is 3.22. The van der Waals surface area contributed by atoms with Gasteiger partial charge in [0.1, 0.15) is 0 Å². The number of methoxy groups -OCH3 is 1. The monoisotopic (exact) mass is 280 g/mol. The van der Waals surface area contributed by atoms with Crippen molar-refractivity contribution in [3.05, 3.63) is 42.0 Å². The number of nitriles is 1. The van der Waals surface area contributed by atoms with E-state index in [4.69, 9.17) is 4.74 Å². The molecule has 0 N–H and O–H groups in total. The van der Waals surface area contributed by atoms with Crippen LogP contribution in [0.3, 0.4) is 0 Å². The minimum absolute atomic E-state index is 0.271. The maximum absolute atomic E-state index is 9.27. The quantitative estimate of drug-likeness (QED) is 0.843. The molecule has 0 bridgehead atoms. The van der Waals surface area contributed by atoms with E-state index in [1.54, 1.807) is 7.11 Å². The molecule has 3 rings (SSSR count). The van der Waals surface area contributed by atoms with E-state index in [0.717, 1.165) is 35.8 Å². The molecular weight excluding hydrogens is 260 g/mol. The van der Waals surface area contributed by atoms with E-state index in [1.165, 1.54) is 5.69 Å². The zero-order valence-electron chi connectivity index (χ0n) is 12.5. The van der Waals surface area contributed by atoms with Gasteiger partial charge < -0.3 is 9.64 Å². The molecular formula is C18H20N2O. The molecule has 2 unspecified atom stereocenters. The van der Waals surface area contributed by atoms with Gasteiger partial charge in [-0.3, -0.25) is 0 Å². The normalized spacial score (nSPS) is 22.2. The number of hydrogen-bond acceptors (Lipinski definition) is 3. The van der Waals surface area contributed by atoms with Crippen molar-refractivity contribution in [3.8, 4) is 6.07 Å². The molecule has 1 saturated heterocycles. The Balaban J connectivity index is 2.04. The molecule has 0 radical (unpaired) electrons. The van der Waals surface area contributed by atoms with Crippen LogP contribution in [0.4, 0.5) is 5.69 Å². The number of hydrogen-bond donors (Lipinski definition) is 0.